The molecule has 0 amide bonds. The maximum absolute atomic E-state index is 14.4. The van der Waals surface area contributed by atoms with Crippen LogP contribution >= 0.6 is 0 Å². The van der Waals surface area contributed by atoms with E-state index < -0.39 is 0 Å². The van der Waals surface area contributed by atoms with Crippen LogP contribution in [-0.2, 0) is 0 Å². The van der Waals surface area contributed by atoms with Gasteiger partial charge in [-0.2, -0.15) is 0 Å². The van der Waals surface area contributed by atoms with Gasteiger partial charge in [-0.3, -0.25) is 0 Å². The van der Waals surface area contributed by atoms with Crippen LogP contribution in [-0.4, -0.2) is 0 Å². The van der Waals surface area contributed by atoms with Crippen LogP contribution in [0.15, 0.2) is 35.5 Å². The van der Waals surface area contributed by atoms with E-state index in [0.717, 1.165) is 25.7 Å². The molecule has 0 aliphatic carbocycles. The fourth-order valence-corrected chi connectivity index (χ4v) is 2.57. The van der Waals surface area contributed by atoms with Gasteiger partial charge < -0.3 is 0 Å². The smallest absolute Gasteiger partial charge is 0.126 e. The molecule has 0 bridgehead atoms. The zero-order valence-corrected chi connectivity index (χ0v) is 14.7. The van der Waals surface area contributed by atoms with Gasteiger partial charge in [0.15, 0.2) is 0 Å². The lowest BCUT2D eigenvalue weighted by Crippen LogP contribution is -2.17. The van der Waals surface area contributed by atoms with Crippen LogP contribution < -0.4 is 0 Å². The molecule has 0 spiro atoms. The molecule has 0 saturated carbocycles. The minimum Gasteiger partial charge on any atom is -0.212 e. The Morgan fingerprint density at radius 3 is 1.90 bits per heavy atom. The van der Waals surface area contributed by atoms with Crippen molar-refractivity contribution in [3.63, 3.8) is 0 Å². The second kappa shape index (κ2) is 9.17. The fraction of sp³-hybridized carbons (Fsp3) is 0.684. The van der Waals surface area contributed by atoms with Gasteiger partial charge in [0.05, 0.1) is 0 Å². The Balaban J connectivity index is 5.33. The zero-order chi connectivity index (χ0) is 16.6. The van der Waals surface area contributed by atoms with Crippen molar-refractivity contribution in [1.29, 1.82) is 0 Å². The number of halogens is 2. The van der Waals surface area contributed by atoms with E-state index in [1.54, 1.807) is 0 Å². The maximum atomic E-state index is 14.4. The van der Waals surface area contributed by atoms with Gasteiger partial charge in [-0.05, 0) is 54.7 Å². The number of hydrogen-bond donors (Lipinski definition) is 0. The van der Waals surface area contributed by atoms with Crippen LogP contribution in [0.25, 0.3) is 0 Å². The average molecular weight is 298 g/mol. The van der Waals surface area contributed by atoms with Gasteiger partial charge in [0.2, 0.25) is 0 Å². The highest BCUT2D eigenvalue weighted by molar-refractivity contribution is 5.36. The normalized spacial score (nSPS) is 14.4. The highest BCUT2D eigenvalue weighted by Crippen LogP contribution is 2.39. The van der Waals surface area contributed by atoms with E-state index in [1.807, 2.05) is 20.8 Å². The second-order valence-electron chi connectivity index (χ2n) is 6.20. The highest BCUT2D eigenvalue weighted by atomic mass is 19.1. The molecule has 0 N–H and O–H groups in total. The molecule has 0 atom stereocenters. The summed E-state index contributed by atoms with van der Waals surface area (Å²) in [6, 6.07) is 0. The molecule has 0 rings (SSSR count). The van der Waals surface area contributed by atoms with E-state index in [2.05, 4.69) is 20.4 Å². The van der Waals surface area contributed by atoms with Crippen molar-refractivity contribution in [2.75, 3.05) is 0 Å². The van der Waals surface area contributed by atoms with Gasteiger partial charge >= 0.3 is 0 Å². The van der Waals surface area contributed by atoms with Crippen LogP contribution in [0, 0.1) is 11.3 Å². The number of rotatable bonds is 9. The maximum Gasteiger partial charge on any atom is 0.126 e. The zero-order valence-electron chi connectivity index (χ0n) is 14.7. The summed E-state index contributed by atoms with van der Waals surface area (Å²) in [5.74, 6) is -0.229. The Morgan fingerprint density at radius 2 is 1.57 bits per heavy atom. The Kier molecular flexibility index (Phi) is 8.77. The quantitative estimate of drug-likeness (QED) is 0.392. The van der Waals surface area contributed by atoms with E-state index >= 15 is 0 Å². The number of hydrogen-bond acceptors (Lipinski definition) is 0. The Bertz CT molecular complexity index is 390. The molecule has 0 radical (unpaired) electrons. The molecule has 122 valence electrons. The molecule has 0 nitrogen and oxygen atoms in total. The molecule has 0 aromatic rings. The predicted molar refractivity (Wildman–Crippen MR) is 89.5 cm³/mol. The van der Waals surface area contributed by atoms with Crippen LogP contribution in [0.4, 0.5) is 8.78 Å². The first-order valence-electron chi connectivity index (χ1n) is 8.17. The third-order valence-corrected chi connectivity index (χ3v) is 4.88. The molecule has 21 heavy (non-hydrogen) atoms. The first-order chi connectivity index (χ1) is 9.75. The molecule has 2 heteroatoms. The third-order valence-electron chi connectivity index (χ3n) is 4.88. The SMILES string of the molecule is C=C(CC(CC)CC)/C(F)=C\C(=C(/C)F)C(C)(CC)CC. The van der Waals surface area contributed by atoms with Crippen molar-refractivity contribution < 1.29 is 8.78 Å². The van der Waals surface area contributed by atoms with Crippen LogP contribution in [0.2, 0.25) is 0 Å². The lowest BCUT2D eigenvalue weighted by atomic mass is 9.76. The van der Waals surface area contributed by atoms with Crippen LogP contribution in [0.5, 0.6) is 0 Å². The summed E-state index contributed by atoms with van der Waals surface area (Å²) >= 11 is 0. The molecule has 0 aromatic heterocycles. The van der Waals surface area contributed by atoms with Gasteiger partial charge in [0, 0.05) is 0 Å². The summed E-state index contributed by atoms with van der Waals surface area (Å²) < 4.78 is 28.3. The highest BCUT2D eigenvalue weighted by Gasteiger charge is 2.26. The van der Waals surface area contributed by atoms with E-state index in [1.165, 1.54) is 13.0 Å². The van der Waals surface area contributed by atoms with Crippen molar-refractivity contribution in [3.05, 3.63) is 35.5 Å². The van der Waals surface area contributed by atoms with Crippen molar-refractivity contribution in [3.8, 4) is 0 Å². The average Bonchev–Trinajstić information content (AvgIpc) is 2.48. The summed E-state index contributed by atoms with van der Waals surface area (Å²) in [6.07, 6.45) is 5.59. The predicted octanol–water partition coefficient (Wildman–Crippen LogP) is 7.29. The lowest BCUT2D eigenvalue weighted by molar-refractivity contribution is 0.361. The van der Waals surface area contributed by atoms with Gasteiger partial charge in [-0.15, -0.1) is 0 Å². The molecule has 0 unspecified atom stereocenters. The van der Waals surface area contributed by atoms with Crippen LogP contribution in [0.3, 0.4) is 0 Å². The first kappa shape index (κ1) is 20.1. The summed E-state index contributed by atoms with van der Waals surface area (Å²) in [6.45, 7) is 15.5. The molecule has 0 fully saturated rings. The van der Waals surface area contributed by atoms with Gasteiger partial charge in [0.1, 0.15) is 11.7 Å². The van der Waals surface area contributed by atoms with Crippen molar-refractivity contribution in [2.24, 2.45) is 11.3 Å². The second-order valence-corrected chi connectivity index (χ2v) is 6.20. The fourth-order valence-electron chi connectivity index (χ4n) is 2.57. The number of allylic oxidation sites excluding steroid dienone is 5. The van der Waals surface area contributed by atoms with Gasteiger partial charge in [-0.25, -0.2) is 8.78 Å². The van der Waals surface area contributed by atoms with Gasteiger partial charge in [-0.1, -0.05) is 54.0 Å². The molecular weight excluding hydrogens is 266 g/mol. The summed E-state index contributed by atoms with van der Waals surface area (Å²) in [5, 5.41) is 0. The standard InChI is InChI=1S/C19H32F2/c1-8-16(9-2)12-14(5)18(21)13-17(15(6)20)19(7,10-3)11-4/h13,16H,5,8-12H2,1-4,6-7H3/b17-15-,18-13+. The summed E-state index contributed by atoms with van der Waals surface area (Å²) in [4.78, 5) is 0. The Morgan fingerprint density at radius 1 is 1.10 bits per heavy atom. The van der Waals surface area contributed by atoms with E-state index in [0.29, 0.717) is 23.5 Å². The minimum absolute atomic E-state index is 0.299. The monoisotopic (exact) mass is 298 g/mol. The molecule has 0 saturated heterocycles. The van der Waals surface area contributed by atoms with Crippen molar-refractivity contribution in [2.45, 2.75) is 73.6 Å². The third kappa shape index (κ3) is 5.76. The minimum atomic E-state index is -0.373. The topological polar surface area (TPSA) is 0 Å². The molecular formula is C19H32F2. The molecule has 0 aliphatic heterocycles. The lowest BCUT2D eigenvalue weighted by Gasteiger charge is -2.29. The molecule has 0 aromatic carbocycles. The van der Waals surface area contributed by atoms with Crippen molar-refractivity contribution >= 4 is 0 Å². The first-order valence-corrected chi connectivity index (χ1v) is 8.17. The van der Waals surface area contributed by atoms with Crippen molar-refractivity contribution in [1.82, 2.24) is 0 Å². The van der Waals surface area contributed by atoms with E-state index in [4.69, 9.17) is 0 Å². The molecule has 0 aliphatic rings. The summed E-state index contributed by atoms with van der Waals surface area (Å²) in [5.41, 5.74) is 0.624. The van der Waals surface area contributed by atoms with Crippen LogP contribution in [0.1, 0.15) is 73.6 Å². The largest absolute Gasteiger partial charge is 0.212 e. The summed E-state index contributed by atoms with van der Waals surface area (Å²) in [7, 11) is 0. The Hall–Kier alpha value is -0.920. The van der Waals surface area contributed by atoms with E-state index in [9.17, 15) is 8.78 Å². The van der Waals surface area contributed by atoms with Gasteiger partial charge in [0.25, 0.3) is 0 Å². The molecule has 0 heterocycles. The Labute approximate surface area is 130 Å². The van der Waals surface area contributed by atoms with E-state index in [-0.39, 0.29) is 17.1 Å².